The molecule has 102 valence electrons. The van der Waals surface area contributed by atoms with Gasteiger partial charge in [0, 0.05) is 12.4 Å². The quantitative estimate of drug-likeness (QED) is 0.611. The largest absolute Gasteiger partial charge is 0.336 e. The van der Waals surface area contributed by atoms with Crippen LogP contribution in [0.15, 0.2) is 55.0 Å². The Balaban J connectivity index is 1.79. The second-order valence-electron chi connectivity index (χ2n) is 4.92. The summed E-state index contributed by atoms with van der Waals surface area (Å²) in [5.74, 6) is 0.781. The van der Waals surface area contributed by atoms with Crippen LogP contribution < -0.4 is 0 Å². The molecule has 0 aliphatic rings. The van der Waals surface area contributed by atoms with Crippen molar-refractivity contribution in [1.29, 1.82) is 0 Å². The molecule has 0 fully saturated rings. The lowest BCUT2D eigenvalue weighted by atomic mass is 10.2. The maximum Gasteiger partial charge on any atom is 0.178 e. The zero-order valence-electron chi connectivity index (χ0n) is 11.5. The Morgan fingerprint density at radius 2 is 2.00 bits per heavy atom. The summed E-state index contributed by atoms with van der Waals surface area (Å²) in [6.45, 7) is 2.07. The van der Waals surface area contributed by atoms with Gasteiger partial charge in [-0.05, 0) is 30.7 Å². The van der Waals surface area contributed by atoms with E-state index in [2.05, 4.69) is 33.0 Å². The third-order valence-corrected chi connectivity index (χ3v) is 3.48. The van der Waals surface area contributed by atoms with Crippen LogP contribution in [0.2, 0.25) is 0 Å². The number of hydrogen-bond donors (Lipinski definition) is 1. The lowest BCUT2D eigenvalue weighted by molar-refractivity contribution is 0.873. The topological polar surface area (TPSA) is 59.4 Å². The van der Waals surface area contributed by atoms with Gasteiger partial charge in [0.05, 0.1) is 23.0 Å². The molecule has 3 heterocycles. The smallest absolute Gasteiger partial charge is 0.178 e. The average molecular weight is 275 g/mol. The van der Waals surface area contributed by atoms with Crippen molar-refractivity contribution in [2.24, 2.45) is 0 Å². The van der Waals surface area contributed by atoms with E-state index in [0.29, 0.717) is 0 Å². The van der Waals surface area contributed by atoms with E-state index < -0.39 is 0 Å². The summed E-state index contributed by atoms with van der Waals surface area (Å²) in [6, 6.07) is 12.0. The van der Waals surface area contributed by atoms with Gasteiger partial charge < -0.3 is 4.98 Å². The highest BCUT2D eigenvalue weighted by Gasteiger charge is 2.09. The molecule has 0 radical (unpaired) electrons. The number of nitrogens with one attached hydrogen (secondary N) is 1. The third-order valence-electron chi connectivity index (χ3n) is 3.48. The van der Waals surface area contributed by atoms with E-state index in [9.17, 15) is 0 Å². The Morgan fingerprint density at radius 1 is 1.10 bits per heavy atom. The molecule has 1 aromatic carbocycles. The first kappa shape index (κ1) is 11.8. The molecular weight excluding hydrogens is 262 g/mol. The Kier molecular flexibility index (Phi) is 2.57. The summed E-state index contributed by atoms with van der Waals surface area (Å²) in [7, 11) is 0. The van der Waals surface area contributed by atoms with Crippen LogP contribution in [0.4, 0.5) is 0 Å². The summed E-state index contributed by atoms with van der Waals surface area (Å²) in [5, 5.41) is 4.43. The summed E-state index contributed by atoms with van der Waals surface area (Å²) < 4.78 is 1.87. The second kappa shape index (κ2) is 4.56. The van der Waals surface area contributed by atoms with Crippen molar-refractivity contribution in [3.05, 3.63) is 60.6 Å². The van der Waals surface area contributed by atoms with Crippen molar-refractivity contribution < 1.29 is 0 Å². The fourth-order valence-corrected chi connectivity index (χ4v) is 2.38. The number of hydrogen-bond acceptors (Lipinski definition) is 3. The predicted octanol–water partition coefficient (Wildman–Crippen LogP) is 3.12. The molecular formula is C16H13N5. The molecule has 0 atom stereocenters. The Labute approximate surface area is 121 Å². The molecule has 5 nitrogen and oxygen atoms in total. The first-order valence-corrected chi connectivity index (χ1v) is 6.73. The van der Waals surface area contributed by atoms with E-state index in [1.54, 1.807) is 6.20 Å². The van der Waals surface area contributed by atoms with Crippen molar-refractivity contribution >= 4 is 11.2 Å². The Hall–Kier alpha value is -2.95. The SMILES string of the molecule is Cc1ccccc1-n1cc(-c2nc3ncccc3[nH]2)cn1. The highest BCUT2D eigenvalue weighted by Crippen LogP contribution is 2.21. The molecule has 0 saturated heterocycles. The van der Waals surface area contributed by atoms with Gasteiger partial charge in [-0.15, -0.1) is 0 Å². The molecule has 0 aliphatic carbocycles. The number of aromatic nitrogens is 5. The number of nitrogens with zero attached hydrogens (tertiary/aromatic N) is 4. The Morgan fingerprint density at radius 3 is 2.86 bits per heavy atom. The van der Waals surface area contributed by atoms with E-state index in [0.717, 1.165) is 28.2 Å². The molecule has 5 heteroatoms. The molecule has 0 spiro atoms. The van der Waals surface area contributed by atoms with Gasteiger partial charge in [0.2, 0.25) is 0 Å². The van der Waals surface area contributed by atoms with E-state index in [1.807, 2.05) is 47.4 Å². The van der Waals surface area contributed by atoms with Crippen LogP contribution in [-0.4, -0.2) is 24.7 Å². The fraction of sp³-hybridized carbons (Fsp3) is 0.0625. The molecule has 3 aromatic heterocycles. The first-order chi connectivity index (χ1) is 10.3. The van der Waals surface area contributed by atoms with Crippen LogP contribution in [0.3, 0.4) is 0 Å². The van der Waals surface area contributed by atoms with Gasteiger partial charge >= 0.3 is 0 Å². The minimum Gasteiger partial charge on any atom is -0.336 e. The van der Waals surface area contributed by atoms with Crippen LogP contribution in [0.5, 0.6) is 0 Å². The minimum atomic E-state index is 0.719. The zero-order valence-corrected chi connectivity index (χ0v) is 11.5. The van der Waals surface area contributed by atoms with Crippen LogP contribution in [-0.2, 0) is 0 Å². The monoisotopic (exact) mass is 275 g/mol. The molecule has 4 rings (SSSR count). The molecule has 0 aliphatic heterocycles. The van der Waals surface area contributed by atoms with Gasteiger partial charge in [-0.2, -0.15) is 5.10 Å². The van der Waals surface area contributed by atoms with Crippen molar-refractivity contribution in [3.63, 3.8) is 0 Å². The molecule has 4 aromatic rings. The molecule has 0 unspecified atom stereocenters. The van der Waals surface area contributed by atoms with E-state index in [4.69, 9.17) is 0 Å². The second-order valence-corrected chi connectivity index (χ2v) is 4.92. The molecule has 0 saturated carbocycles. The predicted molar refractivity (Wildman–Crippen MR) is 81.2 cm³/mol. The molecule has 0 amide bonds. The molecule has 1 N–H and O–H groups in total. The zero-order chi connectivity index (χ0) is 14.2. The van der Waals surface area contributed by atoms with Gasteiger partial charge in [-0.3, -0.25) is 0 Å². The fourth-order valence-electron chi connectivity index (χ4n) is 2.38. The highest BCUT2D eigenvalue weighted by atomic mass is 15.3. The average Bonchev–Trinajstić information content (AvgIpc) is 3.14. The maximum atomic E-state index is 4.49. The van der Waals surface area contributed by atoms with Gasteiger partial charge in [0.1, 0.15) is 5.82 Å². The van der Waals surface area contributed by atoms with Crippen LogP contribution in [0.1, 0.15) is 5.56 Å². The number of imidazole rings is 1. The summed E-state index contributed by atoms with van der Waals surface area (Å²) in [6.07, 6.45) is 5.52. The van der Waals surface area contributed by atoms with Gasteiger partial charge in [0.15, 0.2) is 5.65 Å². The number of pyridine rings is 1. The summed E-state index contributed by atoms with van der Waals surface area (Å²) >= 11 is 0. The van der Waals surface area contributed by atoms with E-state index in [-0.39, 0.29) is 0 Å². The summed E-state index contributed by atoms with van der Waals surface area (Å²) in [4.78, 5) is 12.0. The normalized spacial score (nSPS) is 11.1. The lowest BCUT2D eigenvalue weighted by Gasteiger charge is -2.04. The van der Waals surface area contributed by atoms with Crippen LogP contribution in [0, 0.1) is 6.92 Å². The van der Waals surface area contributed by atoms with Gasteiger partial charge in [-0.25, -0.2) is 14.6 Å². The third kappa shape index (κ3) is 1.99. The highest BCUT2D eigenvalue weighted by molar-refractivity contribution is 5.75. The van der Waals surface area contributed by atoms with Crippen molar-refractivity contribution in [2.75, 3.05) is 0 Å². The van der Waals surface area contributed by atoms with Crippen LogP contribution >= 0.6 is 0 Å². The number of benzene rings is 1. The van der Waals surface area contributed by atoms with Crippen molar-refractivity contribution in [2.45, 2.75) is 6.92 Å². The van der Waals surface area contributed by atoms with E-state index in [1.165, 1.54) is 5.56 Å². The van der Waals surface area contributed by atoms with Crippen molar-refractivity contribution in [1.82, 2.24) is 24.7 Å². The standard InChI is InChI=1S/C16H13N5/c1-11-5-2-3-7-14(11)21-10-12(9-18-21)15-19-13-6-4-8-17-16(13)20-15/h2-10H,1H3,(H,17,19,20). The van der Waals surface area contributed by atoms with E-state index >= 15 is 0 Å². The van der Waals surface area contributed by atoms with Crippen LogP contribution in [0.25, 0.3) is 28.2 Å². The molecule has 0 bridgehead atoms. The number of fused-ring (bicyclic) bond motifs is 1. The lowest BCUT2D eigenvalue weighted by Crippen LogP contribution is -1.96. The van der Waals surface area contributed by atoms with Gasteiger partial charge in [0.25, 0.3) is 0 Å². The number of para-hydroxylation sites is 1. The first-order valence-electron chi connectivity index (χ1n) is 6.73. The summed E-state index contributed by atoms with van der Waals surface area (Å²) in [5.41, 5.74) is 4.83. The number of aryl methyl sites for hydroxylation is 1. The number of rotatable bonds is 2. The number of aromatic amines is 1. The van der Waals surface area contributed by atoms with Crippen molar-refractivity contribution in [3.8, 4) is 17.1 Å². The van der Waals surface area contributed by atoms with Gasteiger partial charge in [-0.1, -0.05) is 18.2 Å². The Bertz CT molecular complexity index is 886. The maximum absolute atomic E-state index is 4.49. The number of H-pyrrole nitrogens is 1. The molecule has 21 heavy (non-hydrogen) atoms. The minimum absolute atomic E-state index is 0.719.